The lowest BCUT2D eigenvalue weighted by molar-refractivity contribution is -0.127. The van der Waals surface area contributed by atoms with E-state index in [2.05, 4.69) is 15.2 Å². The Morgan fingerprint density at radius 2 is 1.85 bits per heavy atom. The van der Waals surface area contributed by atoms with Crippen molar-refractivity contribution in [1.82, 2.24) is 20.1 Å². The Balaban J connectivity index is 1.28. The number of hydrogen-bond donors (Lipinski definition) is 1. The summed E-state index contributed by atoms with van der Waals surface area (Å²) in [7, 11) is 0. The molecule has 6 nitrogen and oxygen atoms in total. The normalized spacial score (nSPS) is 25.1. The number of aromatic nitrogens is 1. The Morgan fingerprint density at radius 3 is 2.54 bits per heavy atom. The molecule has 0 radical (unpaired) electrons. The van der Waals surface area contributed by atoms with Crippen molar-refractivity contribution in [3.63, 3.8) is 0 Å². The molecule has 3 aliphatic rings. The molecule has 140 valence electrons. The molecule has 0 unspecified atom stereocenters. The number of carbonyl (C=O) groups excluding carboxylic acids is 2. The van der Waals surface area contributed by atoms with Gasteiger partial charge in [0.1, 0.15) is 5.69 Å². The van der Waals surface area contributed by atoms with Crippen LogP contribution in [0.3, 0.4) is 0 Å². The van der Waals surface area contributed by atoms with Crippen molar-refractivity contribution in [2.75, 3.05) is 26.2 Å². The molecule has 0 bridgehead atoms. The van der Waals surface area contributed by atoms with Gasteiger partial charge in [-0.15, -0.1) is 0 Å². The van der Waals surface area contributed by atoms with E-state index in [4.69, 9.17) is 0 Å². The Kier molecular flexibility index (Phi) is 5.20. The minimum absolute atomic E-state index is 0.0318. The van der Waals surface area contributed by atoms with E-state index in [-0.39, 0.29) is 17.7 Å². The van der Waals surface area contributed by atoms with Gasteiger partial charge in [0.05, 0.1) is 5.92 Å². The van der Waals surface area contributed by atoms with Gasteiger partial charge in [-0.1, -0.05) is 6.07 Å². The van der Waals surface area contributed by atoms with E-state index in [1.54, 1.807) is 12.3 Å². The van der Waals surface area contributed by atoms with Crippen LogP contribution < -0.4 is 5.32 Å². The number of hydrogen-bond acceptors (Lipinski definition) is 4. The van der Waals surface area contributed by atoms with Gasteiger partial charge in [-0.25, -0.2) is 0 Å². The highest BCUT2D eigenvalue weighted by atomic mass is 16.2. The summed E-state index contributed by atoms with van der Waals surface area (Å²) >= 11 is 0. The lowest BCUT2D eigenvalue weighted by Gasteiger charge is -2.42. The van der Waals surface area contributed by atoms with Gasteiger partial charge in [0.2, 0.25) is 5.91 Å². The molecule has 2 aliphatic heterocycles. The van der Waals surface area contributed by atoms with Crippen molar-refractivity contribution in [2.24, 2.45) is 5.92 Å². The highest BCUT2D eigenvalue weighted by Gasteiger charge is 2.34. The summed E-state index contributed by atoms with van der Waals surface area (Å²) in [6.45, 7) is 3.49. The van der Waals surface area contributed by atoms with Crippen LogP contribution in [0.2, 0.25) is 0 Å². The fourth-order valence-corrected chi connectivity index (χ4v) is 4.18. The summed E-state index contributed by atoms with van der Waals surface area (Å²) in [4.78, 5) is 33.5. The Labute approximate surface area is 155 Å². The van der Waals surface area contributed by atoms with Gasteiger partial charge in [-0.2, -0.15) is 0 Å². The zero-order chi connectivity index (χ0) is 17.9. The lowest BCUT2D eigenvalue weighted by Crippen LogP contribution is -2.51. The maximum atomic E-state index is 12.5. The highest BCUT2D eigenvalue weighted by Crippen LogP contribution is 2.26. The van der Waals surface area contributed by atoms with Crippen LogP contribution in [-0.4, -0.2) is 64.9 Å². The Hall–Kier alpha value is -1.95. The molecule has 0 spiro atoms. The number of piperidine rings is 2. The first-order valence-corrected chi connectivity index (χ1v) is 9.95. The van der Waals surface area contributed by atoms with E-state index in [0.29, 0.717) is 17.8 Å². The second-order valence-electron chi connectivity index (χ2n) is 7.86. The standard InChI is InChI=1S/C20H28N4O2/c25-19(22-16-6-7-16)15-4-3-11-24(14-15)17-8-12-23(13-9-17)20(26)18-5-1-2-10-21-18/h1-2,5,10,15-17H,3-4,6-9,11-14H2,(H,22,25)/t15-/m0/s1. The maximum absolute atomic E-state index is 12.5. The van der Waals surface area contributed by atoms with Gasteiger partial charge in [-0.05, 0) is 57.2 Å². The minimum Gasteiger partial charge on any atom is -0.353 e. The Morgan fingerprint density at radius 1 is 1.04 bits per heavy atom. The average Bonchev–Trinajstić information content (AvgIpc) is 3.52. The summed E-state index contributed by atoms with van der Waals surface area (Å²) < 4.78 is 0. The van der Waals surface area contributed by atoms with E-state index >= 15 is 0 Å². The fraction of sp³-hybridized carbons (Fsp3) is 0.650. The molecule has 1 N–H and O–H groups in total. The molecule has 1 aromatic rings. The van der Waals surface area contributed by atoms with Crippen molar-refractivity contribution in [1.29, 1.82) is 0 Å². The molecular formula is C20H28N4O2. The topological polar surface area (TPSA) is 65.5 Å². The van der Waals surface area contributed by atoms with E-state index in [1.165, 1.54) is 0 Å². The maximum Gasteiger partial charge on any atom is 0.272 e. The molecule has 2 saturated heterocycles. The summed E-state index contributed by atoms with van der Waals surface area (Å²) in [5.74, 6) is 0.418. The van der Waals surface area contributed by atoms with Crippen LogP contribution in [0.4, 0.5) is 0 Å². The number of likely N-dealkylation sites (tertiary alicyclic amines) is 2. The summed E-state index contributed by atoms with van der Waals surface area (Å²) in [6.07, 6.45) is 8.02. The first-order valence-electron chi connectivity index (χ1n) is 9.95. The van der Waals surface area contributed by atoms with Gasteiger partial charge in [0.15, 0.2) is 0 Å². The highest BCUT2D eigenvalue weighted by molar-refractivity contribution is 5.92. The molecule has 6 heteroatoms. The van der Waals surface area contributed by atoms with Crippen LogP contribution in [0.1, 0.15) is 49.0 Å². The predicted molar refractivity (Wildman–Crippen MR) is 98.6 cm³/mol. The summed E-state index contributed by atoms with van der Waals surface area (Å²) in [5.41, 5.74) is 0.528. The van der Waals surface area contributed by atoms with Gasteiger partial charge < -0.3 is 10.2 Å². The number of nitrogens with one attached hydrogen (secondary N) is 1. The summed E-state index contributed by atoms with van der Waals surface area (Å²) in [6, 6.07) is 6.39. The summed E-state index contributed by atoms with van der Waals surface area (Å²) in [5, 5.41) is 3.16. The zero-order valence-electron chi connectivity index (χ0n) is 15.3. The molecule has 1 aromatic heterocycles. The fourth-order valence-electron chi connectivity index (χ4n) is 4.18. The Bertz CT molecular complexity index is 638. The molecule has 2 amide bonds. The molecule has 0 aromatic carbocycles. The predicted octanol–water partition coefficient (Wildman–Crippen LogP) is 1.68. The van der Waals surface area contributed by atoms with Crippen molar-refractivity contribution in [3.8, 4) is 0 Å². The van der Waals surface area contributed by atoms with Gasteiger partial charge in [0, 0.05) is 37.9 Å². The van der Waals surface area contributed by atoms with Crippen molar-refractivity contribution < 1.29 is 9.59 Å². The van der Waals surface area contributed by atoms with Crippen molar-refractivity contribution in [2.45, 2.75) is 50.6 Å². The van der Waals surface area contributed by atoms with Crippen LogP contribution in [0.5, 0.6) is 0 Å². The van der Waals surface area contributed by atoms with Crippen LogP contribution in [0, 0.1) is 5.92 Å². The number of rotatable bonds is 4. The molecule has 3 fully saturated rings. The third-order valence-electron chi connectivity index (χ3n) is 5.90. The third kappa shape index (κ3) is 4.06. The van der Waals surface area contributed by atoms with Gasteiger partial charge >= 0.3 is 0 Å². The average molecular weight is 356 g/mol. The second-order valence-corrected chi connectivity index (χ2v) is 7.86. The molecule has 26 heavy (non-hydrogen) atoms. The lowest BCUT2D eigenvalue weighted by atomic mass is 9.93. The van der Waals surface area contributed by atoms with Crippen LogP contribution >= 0.6 is 0 Å². The largest absolute Gasteiger partial charge is 0.353 e. The van der Waals surface area contributed by atoms with Crippen LogP contribution in [-0.2, 0) is 4.79 Å². The molecular weight excluding hydrogens is 328 g/mol. The molecule has 1 aliphatic carbocycles. The molecule has 3 heterocycles. The second kappa shape index (κ2) is 7.74. The van der Waals surface area contributed by atoms with E-state index in [1.807, 2.05) is 17.0 Å². The zero-order valence-corrected chi connectivity index (χ0v) is 15.3. The van der Waals surface area contributed by atoms with Gasteiger partial charge in [0.25, 0.3) is 5.91 Å². The SMILES string of the molecule is O=C(NC1CC1)[C@H]1CCCN(C2CCN(C(=O)c3ccccn3)CC2)C1. The van der Waals surface area contributed by atoms with Crippen LogP contribution in [0.15, 0.2) is 24.4 Å². The number of carbonyl (C=O) groups is 2. The molecule has 1 saturated carbocycles. The molecule has 4 rings (SSSR count). The smallest absolute Gasteiger partial charge is 0.272 e. The van der Waals surface area contributed by atoms with Crippen molar-refractivity contribution >= 4 is 11.8 Å². The van der Waals surface area contributed by atoms with E-state index < -0.39 is 0 Å². The van der Waals surface area contributed by atoms with E-state index in [9.17, 15) is 9.59 Å². The van der Waals surface area contributed by atoms with E-state index in [0.717, 1.165) is 64.7 Å². The number of amides is 2. The molecule has 1 atom stereocenters. The quantitative estimate of drug-likeness (QED) is 0.891. The number of nitrogens with zero attached hydrogens (tertiary/aromatic N) is 3. The third-order valence-corrected chi connectivity index (χ3v) is 5.90. The van der Waals surface area contributed by atoms with Gasteiger partial charge in [-0.3, -0.25) is 19.5 Å². The first-order chi connectivity index (χ1) is 12.7. The van der Waals surface area contributed by atoms with Crippen molar-refractivity contribution in [3.05, 3.63) is 30.1 Å². The number of pyridine rings is 1. The monoisotopic (exact) mass is 356 g/mol. The minimum atomic E-state index is 0.0318. The first kappa shape index (κ1) is 17.5. The van der Waals surface area contributed by atoms with Crippen LogP contribution in [0.25, 0.3) is 0 Å².